The lowest BCUT2D eigenvalue weighted by Crippen LogP contribution is -2.18. The standard InChI is InChI=1S/C12H11F3N4O3S/c1-23(21,22)11-17-10(18-19-11)16-9(20)6-7-4-2-3-5-8(7)12(13,14)15/h2-5H,6H2,1H3,(H2,16,17,18,19,20). The van der Waals surface area contributed by atoms with Crippen LogP contribution in [0.25, 0.3) is 0 Å². The number of halogens is 3. The number of aromatic nitrogens is 3. The van der Waals surface area contributed by atoms with Gasteiger partial charge in [0.15, 0.2) is 0 Å². The molecule has 1 heterocycles. The van der Waals surface area contributed by atoms with Gasteiger partial charge in [0.05, 0.1) is 12.0 Å². The fourth-order valence-corrected chi connectivity index (χ4v) is 2.23. The number of sulfone groups is 1. The molecule has 124 valence electrons. The SMILES string of the molecule is CS(=O)(=O)c1nc(NC(=O)Cc2ccccc2C(F)(F)F)n[nH]1. The van der Waals surface area contributed by atoms with Crippen molar-refractivity contribution in [2.24, 2.45) is 0 Å². The smallest absolute Gasteiger partial charge is 0.293 e. The second-order valence-corrected chi connectivity index (χ2v) is 6.55. The topological polar surface area (TPSA) is 105 Å². The van der Waals surface area contributed by atoms with E-state index in [2.05, 4.69) is 20.5 Å². The number of nitrogens with zero attached hydrogens (tertiary/aromatic N) is 2. The number of amides is 1. The number of alkyl halides is 3. The summed E-state index contributed by atoms with van der Waals surface area (Å²) in [4.78, 5) is 15.3. The zero-order valence-corrected chi connectivity index (χ0v) is 12.5. The lowest BCUT2D eigenvalue weighted by atomic mass is 10.0. The van der Waals surface area contributed by atoms with E-state index < -0.39 is 39.1 Å². The van der Waals surface area contributed by atoms with E-state index in [9.17, 15) is 26.4 Å². The van der Waals surface area contributed by atoms with Crippen LogP contribution in [0.5, 0.6) is 0 Å². The van der Waals surface area contributed by atoms with Crippen molar-refractivity contribution in [3.8, 4) is 0 Å². The summed E-state index contributed by atoms with van der Waals surface area (Å²) in [6, 6.07) is 4.66. The Balaban J connectivity index is 2.14. The minimum absolute atomic E-state index is 0.212. The molecule has 0 bridgehead atoms. The molecule has 1 aromatic carbocycles. The van der Waals surface area contributed by atoms with E-state index in [4.69, 9.17) is 0 Å². The molecular formula is C12H11F3N4O3S. The van der Waals surface area contributed by atoms with Gasteiger partial charge in [0.2, 0.25) is 26.8 Å². The monoisotopic (exact) mass is 348 g/mol. The van der Waals surface area contributed by atoms with Gasteiger partial charge >= 0.3 is 6.18 Å². The third-order valence-electron chi connectivity index (χ3n) is 2.74. The number of carbonyl (C=O) groups is 1. The highest BCUT2D eigenvalue weighted by Crippen LogP contribution is 2.32. The van der Waals surface area contributed by atoms with Crippen LogP contribution in [0.15, 0.2) is 29.4 Å². The maximum atomic E-state index is 12.8. The number of nitrogens with one attached hydrogen (secondary N) is 2. The van der Waals surface area contributed by atoms with E-state index in [1.165, 1.54) is 18.2 Å². The third kappa shape index (κ3) is 4.28. The van der Waals surface area contributed by atoms with E-state index in [-0.39, 0.29) is 11.5 Å². The molecule has 2 rings (SSSR count). The Hall–Kier alpha value is -2.43. The van der Waals surface area contributed by atoms with Crippen LogP contribution < -0.4 is 5.32 Å². The second kappa shape index (κ2) is 5.99. The number of carbonyl (C=O) groups excluding carboxylic acids is 1. The average molecular weight is 348 g/mol. The van der Waals surface area contributed by atoms with E-state index in [0.29, 0.717) is 0 Å². The first kappa shape index (κ1) is 16.9. The van der Waals surface area contributed by atoms with Gasteiger partial charge in [-0.15, -0.1) is 5.10 Å². The van der Waals surface area contributed by atoms with Gasteiger partial charge < -0.3 is 0 Å². The molecule has 0 spiro atoms. The second-order valence-electron chi connectivity index (χ2n) is 4.62. The van der Waals surface area contributed by atoms with Crippen LogP contribution in [0.4, 0.5) is 19.1 Å². The maximum Gasteiger partial charge on any atom is 0.416 e. The van der Waals surface area contributed by atoms with E-state index >= 15 is 0 Å². The molecule has 0 aliphatic carbocycles. The van der Waals surface area contributed by atoms with Crippen LogP contribution in [-0.2, 0) is 27.2 Å². The van der Waals surface area contributed by atoms with Crippen molar-refractivity contribution in [3.05, 3.63) is 35.4 Å². The summed E-state index contributed by atoms with van der Waals surface area (Å²) in [5.74, 6) is -1.14. The predicted octanol–water partition coefficient (Wildman–Crippen LogP) is 1.41. The van der Waals surface area contributed by atoms with Gasteiger partial charge in [-0.05, 0) is 11.6 Å². The molecule has 0 saturated heterocycles. The largest absolute Gasteiger partial charge is 0.416 e. The van der Waals surface area contributed by atoms with Crippen molar-refractivity contribution >= 4 is 21.7 Å². The molecular weight excluding hydrogens is 337 g/mol. The summed E-state index contributed by atoms with van der Waals surface area (Å²) in [7, 11) is -3.63. The van der Waals surface area contributed by atoms with Crippen molar-refractivity contribution in [2.45, 2.75) is 17.8 Å². The third-order valence-corrected chi connectivity index (χ3v) is 3.63. The molecule has 1 amide bonds. The van der Waals surface area contributed by atoms with Gasteiger partial charge in [-0.1, -0.05) is 18.2 Å². The summed E-state index contributed by atoms with van der Waals surface area (Å²) >= 11 is 0. The highest BCUT2D eigenvalue weighted by Gasteiger charge is 2.33. The minimum atomic E-state index is -4.58. The molecule has 23 heavy (non-hydrogen) atoms. The Morgan fingerprint density at radius 1 is 1.30 bits per heavy atom. The first-order valence-electron chi connectivity index (χ1n) is 6.15. The minimum Gasteiger partial charge on any atom is -0.293 e. The molecule has 11 heteroatoms. The van der Waals surface area contributed by atoms with Crippen molar-refractivity contribution in [2.75, 3.05) is 11.6 Å². The molecule has 0 fully saturated rings. The zero-order chi connectivity index (χ0) is 17.3. The van der Waals surface area contributed by atoms with Gasteiger partial charge in [-0.25, -0.2) is 13.5 Å². The van der Waals surface area contributed by atoms with E-state index in [0.717, 1.165) is 12.3 Å². The quantitative estimate of drug-likeness (QED) is 0.869. The Bertz CT molecular complexity index is 830. The van der Waals surface area contributed by atoms with Gasteiger partial charge in [-0.3, -0.25) is 10.1 Å². The Morgan fingerprint density at radius 2 is 1.96 bits per heavy atom. The van der Waals surface area contributed by atoms with Crippen molar-refractivity contribution < 1.29 is 26.4 Å². The molecule has 2 aromatic rings. The number of hydrogen-bond acceptors (Lipinski definition) is 5. The summed E-state index contributed by atoms with van der Waals surface area (Å²) in [5, 5.41) is 7.26. The molecule has 1 aromatic heterocycles. The normalized spacial score (nSPS) is 12.2. The van der Waals surface area contributed by atoms with Gasteiger partial charge in [0, 0.05) is 6.26 Å². The van der Waals surface area contributed by atoms with Crippen LogP contribution in [0, 0.1) is 0 Å². The predicted molar refractivity (Wildman–Crippen MR) is 73.3 cm³/mol. The fourth-order valence-electron chi connectivity index (χ4n) is 1.76. The van der Waals surface area contributed by atoms with Gasteiger partial charge in [0.1, 0.15) is 0 Å². The van der Waals surface area contributed by atoms with Crippen LogP contribution in [0.3, 0.4) is 0 Å². The summed E-state index contributed by atoms with van der Waals surface area (Å²) in [6.07, 6.45) is -4.25. The molecule has 0 radical (unpaired) electrons. The number of rotatable bonds is 4. The average Bonchev–Trinajstić information content (AvgIpc) is 2.86. The first-order chi connectivity index (χ1) is 10.6. The number of H-pyrrole nitrogens is 1. The molecule has 2 N–H and O–H groups in total. The Kier molecular flexibility index (Phi) is 4.41. The lowest BCUT2D eigenvalue weighted by molar-refractivity contribution is -0.138. The maximum absolute atomic E-state index is 12.8. The van der Waals surface area contributed by atoms with Crippen LogP contribution in [0.1, 0.15) is 11.1 Å². The number of benzene rings is 1. The molecule has 0 unspecified atom stereocenters. The van der Waals surface area contributed by atoms with Gasteiger partial charge in [0.25, 0.3) is 0 Å². The molecule has 0 saturated carbocycles. The molecule has 0 aliphatic heterocycles. The van der Waals surface area contributed by atoms with Gasteiger partial charge in [-0.2, -0.15) is 18.2 Å². The van der Waals surface area contributed by atoms with Crippen LogP contribution in [-0.4, -0.2) is 35.8 Å². The number of anilines is 1. The van der Waals surface area contributed by atoms with E-state index in [1.54, 1.807) is 0 Å². The Labute approximate surface area is 128 Å². The summed E-state index contributed by atoms with van der Waals surface area (Å²) < 4.78 is 60.9. The van der Waals surface area contributed by atoms with E-state index in [1.807, 2.05) is 0 Å². The molecule has 7 nitrogen and oxygen atoms in total. The zero-order valence-electron chi connectivity index (χ0n) is 11.7. The highest BCUT2D eigenvalue weighted by molar-refractivity contribution is 7.90. The summed E-state index contributed by atoms with van der Waals surface area (Å²) in [6.45, 7) is 0. The van der Waals surface area contributed by atoms with Crippen LogP contribution in [0.2, 0.25) is 0 Å². The van der Waals surface area contributed by atoms with Crippen molar-refractivity contribution in [3.63, 3.8) is 0 Å². The van der Waals surface area contributed by atoms with Crippen LogP contribution >= 0.6 is 0 Å². The Morgan fingerprint density at radius 3 is 2.52 bits per heavy atom. The first-order valence-corrected chi connectivity index (χ1v) is 8.04. The number of hydrogen-bond donors (Lipinski definition) is 2. The lowest BCUT2D eigenvalue weighted by Gasteiger charge is -2.11. The van der Waals surface area contributed by atoms with Crippen molar-refractivity contribution in [1.82, 2.24) is 15.2 Å². The fraction of sp³-hybridized carbons (Fsp3) is 0.250. The van der Waals surface area contributed by atoms with Crippen molar-refractivity contribution in [1.29, 1.82) is 0 Å². The highest BCUT2D eigenvalue weighted by atomic mass is 32.2. The molecule has 0 atom stereocenters. The number of aromatic amines is 1. The summed E-state index contributed by atoms with van der Waals surface area (Å²) in [5.41, 5.74) is -1.13. The molecule has 0 aliphatic rings.